The molecule has 0 spiro atoms. The molecule has 4 heteroatoms. The first-order chi connectivity index (χ1) is 3.29. The highest BCUT2D eigenvalue weighted by Crippen LogP contribution is 2.23. The molecule has 1 rings (SSSR count). The van der Waals surface area contributed by atoms with Crippen LogP contribution in [0.2, 0.25) is 0 Å². The Kier molecular flexibility index (Phi) is 1.01. The first-order valence-corrected chi connectivity index (χ1v) is 2.91. The molecule has 0 fully saturated rings. The molecule has 1 unspecified atom stereocenters. The van der Waals surface area contributed by atoms with E-state index in [0.717, 1.165) is 12.1 Å². The predicted molar refractivity (Wildman–Crippen MR) is 22.9 cm³/mol. The maximum absolute atomic E-state index is 10.1. The van der Waals surface area contributed by atoms with Crippen LogP contribution in [0, 0.1) is 0 Å². The summed E-state index contributed by atoms with van der Waals surface area (Å²) in [6.45, 7) is 0. The minimum Gasteiger partial charge on any atom is -0.595 e. The van der Waals surface area contributed by atoms with Crippen LogP contribution in [0.25, 0.3) is 0 Å². The summed E-state index contributed by atoms with van der Waals surface area (Å²) in [5, 5.41) is 8.40. The maximum Gasteiger partial charge on any atom is 0.280 e. The lowest BCUT2D eigenvalue weighted by Gasteiger charge is -1.68. The van der Waals surface area contributed by atoms with Crippen LogP contribution < -0.4 is 4.89 Å². The summed E-state index contributed by atoms with van der Waals surface area (Å²) in [6, 6.07) is 0. The van der Waals surface area contributed by atoms with Crippen LogP contribution >= 0.6 is 8.00 Å². The molecule has 1 aromatic rings. The van der Waals surface area contributed by atoms with E-state index in [1.165, 1.54) is 0 Å². The summed E-state index contributed by atoms with van der Waals surface area (Å²) in [5.41, 5.74) is 0. The van der Waals surface area contributed by atoms with E-state index in [1.807, 2.05) is 0 Å². The zero-order valence-corrected chi connectivity index (χ0v) is 4.26. The van der Waals surface area contributed by atoms with E-state index in [9.17, 15) is 4.89 Å². The van der Waals surface area contributed by atoms with Crippen molar-refractivity contribution < 1.29 is 14.2 Å². The lowest BCUT2D eigenvalue weighted by molar-refractivity contribution is -0.160. The van der Waals surface area contributed by atoms with Gasteiger partial charge in [-0.3, -0.25) is 4.20 Å². The first kappa shape index (κ1) is 4.62. The summed E-state index contributed by atoms with van der Waals surface area (Å²) < 4.78 is 4.31. The van der Waals surface area contributed by atoms with Crippen molar-refractivity contribution in [2.24, 2.45) is 0 Å². The normalized spacial score (nSPS) is 11.9. The van der Waals surface area contributed by atoms with Gasteiger partial charge in [-0.05, 0) is 0 Å². The SMILES string of the molecule is [O-][p+]1cc(O)co1. The van der Waals surface area contributed by atoms with Gasteiger partial charge in [0.25, 0.3) is 8.00 Å². The molecule has 1 aromatic heterocycles. The Morgan fingerprint density at radius 2 is 2.57 bits per heavy atom. The van der Waals surface area contributed by atoms with E-state index in [4.69, 9.17) is 5.11 Å². The Bertz CT molecular complexity index is 142. The fourth-order valence-corrected chi connectivity index (χ4v) is 0.824. The van der Waals surface area contributed by atoms with Crippen molar-refractivity contribution in [2.45, 2.75) is 0 Å². The zero-order valence-electron chi connectivity index (χ0n) is 3.37. The zero-order chi connectivity index (χ0) is 5.28. The van der Waals surface area contributed by atoms with Crippen LogP contribution in [0.3, 0.4) is 0 Å². The average molecular weight is 118 g/mol. The van der Waals surface area contributed by atoms with Crippen molar-refractivity contribution in [3.05, 3.63) is 12.1 Å². The molecule has 1 heterocycles. The van der Waals surface area contributed by atoms with Gasteiger partial charge in [0, 0.05) is 0 Å². The van der Waals surface area contributed by atoms with Gasteiger partial charge >= 0.3 is 0 Å². The Morgan fingerprint density at radius 1 is 1.86 bits per heavy atom. The molecule has 7 heavy (non-hydrogen) atoms. The van der Waals surface area contributed by atoms with Crippen molar-refractivity contribution in [3.8, 4) is 5.75 Å². The highest BCUT2D eigenvalue weighted by atomic mass is 31.1. The smallest absolute Gasteiger partial charge is 0.280 e. The largest absolute Gasteiger partial charge is 0.595 e. The molecule has 1 atom stereocenters. The molecule has 0 amide bonds. The number of hydrogen-bond donors (Lipinski definition) is 1. The van der Waals surface area contributed by atoms with E-state index in [0.29, 0.717) is 0 Å². The van der Waals surface area contributed by atoms with Crippen molar-refractivity contribution in [1.29, 1.82) is 0 Å². The summed E-state index contributed by atoms with van der Waals surface area (Å²) in [6.07, 6.45) is 1.05. The van der Waals surface area contributed by atoms with Crippen LogP contribution in [-0.4, -0.2) is 5.11 Å². The highest BCUT2D eigenvalue weighted by molar-refractivity contribution is 7.34. The second kappa shape index (κ2) is 1.52. The van der Waals surface area contributed by atoms with E-state index in [1.54, 1.807) is 0 Å². The molecular weight excluding hydrogens is 115 g/mol. The van der Waals surface area contributed by atoms with E-state index in [-0.39, 0.29) is 5.75 Å². The Hall–Kier alpha value is -0.530. The molecule has 0 aliphatic carbocycles. The molecule has 3 nitrogen and oxygen atoms in total. The lowest BCUT2D eigenvalue weighted by atomic mass is 10.7. The van der Waals surface area contributed by atoms with Gasteiger partial charge in [0.1, 0.15) is 0 Å². The van der Waals surface area contributed by atoms with Gasteiger partial charge in [-0.2, -0.15) is 0 Å². The second-order valence-electron chi connectivity index (χ2n) is 1.06. The molecule has 0 aliphatic heterocycles. The molecule has 1 N–H and O–H groups in total. The van der Waals surface area contributed by atoms with Gasteiger partial charge in [0.05, 0.1) is 0 Å². The topological polar surface area (TPSA) is 56.4 Å². The number of rotatable bonds is 0. The van der Waals surface area contributed by atoms with Gasteiger partial charge in [-0.15, -0.1) is 0 Å². The second-order valence-corrected chi connectivity index (χ2v) is 2.10. The molecule has 0 saturated heterocycles. The van der Waals surface area contributed by atoms with Crippen molar-refractivity contribution in [1.82, 2.24) is 0 Å². The summed E-state index contributed by atoms with van der Waals surface area (Å²) in [7, 11) is -1.72. The minimum absolute atomic E-state index is 0.0545. The van der Waals surface area contributed by atoms with Gasteiger partial charge in [0.2, 0.25) is 5.75 Å². The van der Waals surface area contributed by atoms with Gasteiger partial charge in [-0.1, -0.05) is 0 Å². The van der Waals surface area contributed by atoms with Crippen LogP contribution in [0.5, 0.6) is 5.75 Å². The molecule has 0 radical (unpaired) electrons. The third-order valence-electron chi connectivity index (χ3n) is 0.515. The molecule has 0 bridgehead atoms. The standard InChI is InChI=1S/C3H3O3P/c4-3-1-6-7(5)2-3/h1-2,4H. The highest BCUT2D eigenvalue weighted by Gasteiger charge is 1.96. The van der Waals surface area contributed by atoms with Gasteiger partial charge in [-0.25, -0.2) is 0 Å². The van der Waals surface area contributed by atoms with Crippen LogP contribution in [-0.2, 0) is 0 Å². The number of hydrogen-bond acceptors (Lipinski definition) is 3. The Labute approximate surface area is 41.1 Å². The molecule has 0 saturated carbocycles. The Balaban J connectivity index is 3.04. The summed E-state index contributed by atoms with van der Waals surface area (Å²) in [5.74, 6) is 1.09. The third kappa shape index (κ3) is 0.918. The quantitative estimate of drug-likeness (QED) is 0.535. The fraction of sp³-hybridized carbons (Fsp3) is 0. The minimum atomic E-state index is -1.72. The predicted octanol–water partition coefficient (Wildman–Crippen LogP) is 0.376. The van der Waals surface area contributed by atoms with Gasteiger partial charge in [0.15, 0.2) is 12.1 Å². The van der Waals surface area contributed by atoms with Crippen molar-refractivity contribution >= 4 is 8.00 Å². The van der Waals surface area contributed by atoms with E-state index < -0.39 is 8.00 Å². The van der Waals surface area contributed by atoms with Crippen molar-refractivity contribution in [3.63, 3.8) is 0 Å². The van der Waals surface area contributed by atoms with E-state index >= 15 is 0 Å². The van der Waals surface area contributed by atoms with Crippen LogP contribution in [0.4, 0.5) is 0 Å². The molecule has 38 valence electrons. The van der Waals surface area contributed by atoms with Crippen molar-refractivity contribution in [2.75, 3.05) is 0 Å². The first-order valence-electron chi connectivity index (χ1n) is 1.66. The third-order valence-corrected chi connectivity index (χ3v) is 1.30. The van der Waals surface area contributed by atoms with Gasteiger partial charge < -0.3 is 10.00 Å². The molecule has 0 aromatic carbocycles. The van der Waals surface area contributed by atoms with Crippen LogP contribution in [0.1, 0.15) is 0 Å². The van der Waals surface area contributed by atoms with E-state index in [2.05, 4.69) is 4.20 Å². The fourth-order valence-electron chi connectivity index (χ4n) is 0.275. The Morgan fingerprint density at radius 3 is 2.71 bits per heavy atom. The number of aromatic hydroxyl groups is 1. The lowest BCUT2D eigenvalue weighted by Crippen LogP contribution is -1.75. The monoisotopic (exact) mass is 118 g/mol. The molecular formula is C3H3O3P. The average Bonchev–Trinajstić information content (AvgIpc) is 1.87. The van der Waals surface area contributed by atoms with Crippen LogP contribution in [0.15, 0.2) is 16.3 Å². The molecule has 0 aliphatic rings. The maximum atomic E-state index is 10.1. The summed E-state index contributed by atoms with van der Waals surface area (Å²) in [4.78, 5) is 10.1. The summed E-state index contributed by atoms with van der Waals surface area (Å²) >= 11 is 0.